The van der Waals surface area contributed by atoms with Gasteiger partial charge in [-0.15, -0.1) is 11.3 Å². The van der Waals surface area contributed by atoms with Gasteiger partial charge in [-0.2, -0.15) is 5.10 Å². The Morgan fingerprint density at radius 3 is 2.78 bits per heavy atom. The van der Waals surface area contributed by atoms with Gasteiger partial charge < -0.3 is 15.4 Å². The number of rotatable bonds is 6. The highest BCUT2D eigenvalue weighted by Crippen LogP contribution is 2.38. The number of ether oxygens (including phenoxy) is 1. The summed E-state index contributed by atoms with van der Waals surface area (Å²) in [5.41, 5.74) is 3.71. The van der Waals surface area contributed by atoms with Crippen LogP contribution in [0.5, 0.6) is 0 Å². The van der Waals surface area contributed by atoms with Crippen molar-refractivity contribution in [1.29, 1.82) is 0 Å². The summed E-state index contributed by atoms with van der Waals surface area (Å²) in [5, 5.41) is 12.0. The molecule has 6 nitrogen and oxygen atoms in total. The summed E-state index contributed by atoms with van der Waals surface area (Å²) in [6.45, 7) is 2.84. The van der Waals surface area contributed by atoms with Gasteiger partial charge in [-0.1, -0.05) is 34.5 Å². The molecular formula is C23H25BrN4O2S2. The second kappa shape index (κ2) is 10.6. The molecule has 0 fully saturated rings. The van der Waals surface area contributed by atoms with E-state index in [1.54, 1.807) is 17.5 Å². The summed E-state index contributed by atoms with van der Waals surface area (Å²) in [5.74, 6) is -0.278. The lowest BCUT2D eigenvalue weighted by Crippen LogP contribution is -2.20. The van der Waals surface area contributed by atoms with Crippen LogP contribution >= 0.6 is 39.5 Å². The lowest BCUT2D eigenvalue weighted by molar-refractivity contribution is 0.0527. The zero-order valence-corrected chi connectivity index (χ0v) is 21.0. The number of carbonyl (C=O) groups is 1. The van der Waals surface area contributed by atoms with E-state index < -0.39 is 0 Å². The molecule has 1 aliphatic rings. The number of carbonyl (C=O) groups excluding carboxylic acids is 1. The summed E-state index contributed by atoms with van der Waals surface area (Å²) in [6.07, 6.45) is 8.98. The Morgan fingerprint density at radius 1 is 1.22 bits per heavy atom. The van der Waals surface area contributed by atoms with Crippen LogP contribution in [0.15, 0.2) is 41.1 Å². The molecular weight excluding hydrogens is 508 g/mol. The van der Waals surface area contributed by atoms with Crippen LogP contribution < -0.4 is 10.6 Å². The van der Waals surface area contributed by atoms with Crippen LogP contribution in [0.1, 0.15) is 52.5 Å². The number of thiocarbonyl (C=S) groups is 1. The summed E-state index contributed by atoms with van der Waals surface area (Å²) < 4.78 is 8.25. The third kappa shape index (κ3) is 5.57. The Hall–Kier alpha value is -2.23. The molecule has 0 aliphatic heterocycles. The molecule has 2 N–H and O–H groups in total. The molecule has 0 saturated heterocycles. The maximum atomic E-state index is 12.7. The number of aryl methyl sites for hydroxylation is 1. The van der Waals surface area contributed by atoms with Crippen molar-refractivity contribution in [2.75, 3.05) is 17.2 Å². The van der Waals surface area contributed by atoms with E-state index in [4.69, 9.17) is 17.0 Å². The van der Waals surface area contributed by atoms with Crippen LogP contribution in [0.25, 0.3) is 0 Å². The molecule has 2 aromatic heterocycles. The summed E-state index contributed by atoms with van der Waals surface area (Å²) >= 11 is 10.6. The van der Waals surface area contributed by atoms with Gasteiger partial charge in [-0.05, 0) is 68.1 Å². The first-order valence-corrected chi connectivity index (χ1v) is 12.7. The van der Waals surface area contributed by atoms with Crippen LogP contribution in [0.2, 0.25) is 0 Å². The highest BCUT2D eigenvalue weighted by molar-refractivity contribution is 9.10. The van der Waals surface area contributed by atoms with Gasteiger partial charge in [0.15, 0.2) is 5.11 Å². The third-order valence-electron chi connectivity index (χ3n) is 5.28. The summed E-state index contributed by atoms with van der Waals surface area (Å²) in [4.78, 5) is 14.0. The highest BCUT2D eigenvalue weighted by Gasteiger charge is 2.26. The number of esters is 1. The normalized spacial score (nSPS) is 13.2. The molecule has 0 spiro atoms. The van der Waals surface area contributed by atoms with Crippen molar-refractivity contribution in [3.05, 3.63) is 62.7 Å². The number of nitrogens with zero attached hydrogens (tertiary/aromatic N) is 2. The van der Waals surface area contributed by atoms with E-state index in [0.717, 1.165) is 52.0 Å². The number of halogens is 1. The fourth-order valence-corrected chi connectivity index (χ4v) is 5.64. The van der Waals surface area contributed by atoms with E-state index in [1.165, 1.54) is 11.3 Å². The Bertz CT molecular complexity index is 1110. The molecule has 4 rings (SSSR count). The molecule has 1 aliphatic carbocycles. The average molecular weight is 534 g/mol. The predicted molar refractivity (Wildman–Crippen MR) is 137 cm³/mol. The molecule has 0 radical (unpaired) electrons. The summed E-state index contributed by atoms with van der Waals surface area (Å²) in [6, 6.07) is 8.15. The molecule has 32 heavy (non-hydrogen) atoms. The first kappa shape index (κ1) is 22.9. The Kier molecular flexibility index (Phi) is 7.59. The summed E-state index contributed by atoms with van der Waals surface area (Å²) in [7, 11) is 0. The number of aromatic nitrogens is 2. The predicted octanol–water partition coefficient (Wildman–Crippen LogP) is 6.01. The van der Waals surface area contributed by atoms with Crippen LogP contribution in [0, 0.1) is 0 Å². The van der Waals surface area contributed by atoms with Gasteiger partial charge in [0.25, 0.3) is 0 Å². The van der Waals surface area contributed by atoms with Gasteiger partial charge in [-0.3, -0.25) is 4.68 Å². The van der Waals surface area contributed by atoms with Crippen molar-refractivity contribution in [2.24, 2.45) is 0 Å². The molecule has 3 aromatic rings. The first-order valence-electron chi connectivity index (χ1n) is 10.7. The number of fused-ring (bicyclic) bond motifs is 1. The van der Waals surface area contributed by atoms with Gasteiger partial charge in [0, 0.05) is 15.5 Å². The van der Waals surface area contributed by atoms with Crippen molar-refractivity contribution < 1.29 is 9.53 Å². The molecule has 168 valence electrons. The maximum Gasteiger partial charge on any atom is 0.341 e. The molecule has 0 bridgehead atoms. The minimum absolute atomic E-state index is 0.278. The third-order valence-corrected chi connectivity index (χ3v) is 7.22. The standard InChI is InChI=1S/C23H25BrN4O2S2/c1-2-30-22(29)20-18-6-4-3-5-7-19(18)32-21(20)27-23(31)26-17-12-25-28(14-17)13-15-8-10-16(24)11-9-15/h8-12,14H,2-7,13H2,1H3,(H2,26,27,31). The van der Waals surface area contributed by atoms with E-state index in [2.05, 4.69) is 43.8 Å². The van der Waals surface area contributed by atoms with E-state index in [1.807, 2.05) is 29.9 Å². The van der Waals surface area contributed by atoms with Crippen LogP contribution in [-0.4, -0.2) is 27.5 Å². The maximum absolute atomic E-state index is 12.7. The molecule has 0 atom stereocenters. The van der Waals surface area contributed by atoms with Crippen molar-refractivity contribution in [2.45, 2.75) is 45.6 Å². The van der Waals surface area contributed by atoms with E-state index >= 15 is 0 Å². The zero-order valence-electron chi connectivity index (χ0n) is 17.8. The number of hydrogen-bond acceptors (Lipinski definition) is 5. The SMILES string of the molecule is CCOC(=O)c1c(NC(=S)Nc2cnn(Cc3ccc(Br)cc3)c2)sc2c1CCCCC2. The number of thiophene rings is 1. The second-order valence-electron chi connectivity index (χ2n) is 7.62. The van der Waals surface area contributed by atoms with Gasteiger partial charge in [0.1, 0.15) is 5.00 Å². The zero-order chi connectivity index (χ0) is 22.5. The molecule has 2 heterocycles. The van der Waals surface area contributed by atoms with Gasteiger partial charge >= 0.3 is 5.97 Å². The topological polar surface area (TPSA) is 68.2 Å². The molecule has 0 amide bonds. The number of nitrogens with one attached hydrogen (secondary N) is 2. The fraction of sp³-hybridized carbons (Fsp3) is 0.348. The Balaban J connectivity index is 1.45. The molecule has 1 aromatic carbocycles. The number of anilines is 2. The Morgan fingerprint density at radius 2 is 2.00 bits per heavy atom. The van der Waals surface area contributed by atoms with Gasteiger partial charge in [0.05, 0.1) is 30.6 Å². The minimum Gasteiger partial charge on any atom is -0.462 e. The average Bonchev–Trinajstić information content (AvgIpc) is 3.26. The van der Waals surface area contributed by atoms with Crippen molar-refractivity contribution in [1.82, 2.24) is 9.78 Å². The minimum atomic E-state index is -0.278. The smallest absolute Gasteiger partial charge is 0.341 e. The monoisotopic (exact) mass is 532 g/mol. The van der Waals surface area contributed by atoms with Crippen molar-refractivity contribution in [3.8, 4) is 0 Å². The Labute approximate surface area is 205 Å². The first-order chi connectivity index (χ1) is 15.5. The van der Waals surface area contributed by atoms with Crippen LogP contribution in [-0.2, 0) is 24.1 Å². The fourth-order valence-electron chi connectivity index (χ4n) is 3.81. The van der Waals surface area contributed by atoms with Gasteiger partial charge in [-0.25, -0.2) is 4.79 Å². The van der Waals surface area contributed by atoms with Crippen LogP contribution in [0.3, 0.4) is 0 Å². The number of hydrogen-bond donors (Lipinski definition) is 2. The van der Waals surface area contributed by atoms with Gasteiger partial charge in [0.2, 0.25) is 0 Å². The lowest BCUT2D eigenvalue weighted by atomic mass is 10.1. The second-order valence-corrected chi connectivity index (χ2v) is 10.1. The lowest BCUT2D eigenvalue weighted by Gasteiger charge is -2.10. The largest absolute Gasteiger partial charge is 0.462 e. The number of benzene rings is 1. The molecule has 0 unspecified atom stereocenters. The quantitative estimate of drug-likeness (QED) is 0.230. The van der Waals surface area contributed by atoms with Crippen molar-refractivity contribution >= 4 is 61.3 Å². The van der Waals surface area contributed by atoms with Crippen LogP contribution in [0.4, 0.5) is 10.7 Å². The van der Waals surface area contributed by atoms with E-state index in [9.17, 15) is 4.79 Å². The molecule has 0 saturated carbocycles. The highest BCUT2D eigenvalue weighted by atomic mass is 79.9. The van der Waals surface area contributed by atoms with E-state index in [0.29, 0.717) is 23.8 Å². The molecule has 9 heteroatoms. The van der Waals surface area contributed by atoms with Crippen molar-refractivity contribution in [3.63, 3.8) is 0 Å². The van der Waals surface area contributed by atoms with E-state index in [-0.39, 0.29) is 5.97 Å².